The van der Waals surface area contributed by atoms with Gasteiger partial charge in [0.25, 0.3) is 6.67 Å². The second-order valence-electron chi connectivity index (χ2n) is 4.10. The predicted molar refractivity (Wildman–Crippen MR) is 77.1 cm³/mol. The van der Waals surface area contributed by atoms with Crippen LogP contribution in [0.3, 0.4) is 0 Å². The first kappa shape index (κ1) is 13.6. The Morgan fingerprint density at radius 3 is 2.63 bits per heavy atom. The Kier molecular flexibility index (Phi) is 4.21. The molecule has 0 aromatic heterocycles. The van der Waals surface area contributed by atoms with Crippen molar-refractivity contribution in [3.8, 4) is 0 Å². The number of hydrogen-bond donors (Lipinski definition) is 0. The Hall–Kier alpha value is -1.82. The van der Waals surface area contributed by atoms with Crippen molar-refractivity contribution in [1.82, 2.24) is 0 Å². The van der Waals surface area contributed by atoms with E-state index in [1.165, 1.54) is 0 Å². The molecule has 1 aromatic rings. The number of hydrogen-bond acceptors (Lipinski definition) is 2. The topological polar surface area (TPSA) is 21.2 Å². The van der Waals surface area contributed by atoms with Crippen molar-refractivity contribution < 1.29 is 4.74 Å². The average molecular weight is 318 g/mol. The van der Waals surface area contributed by atoms with Crippen molar-refractivity contribution >= 4 is 21.6 Å². The molecule has 0 bridgehead atoms. The zero-order chi connectivity index (χ0) is 13.8. The Morgan fingerprint density at radius 2 is 2.05 bits per heavy atom. The van der Waals surface area contributed by atoms with Crippen molar-refractivity contribution in [3.05, 3.63) is 63.0 Å². The lowest BCUT2D eigenvalue weighted by Crippen LogP contribution is -2.23. The van der Waals surface area contributed by atoms with Gasteiger partial charge in [0.2, 0.25) is 5.70 Å². The lowest BCUT2D eigenvalue weighted by atomic mass is 10.2. The van der Waals surface area contributed by atoms with E-state index < -0.39 is 0 Å². The van der Waals surface area contributed by atoms with Gasteiger partial charge >= 0.3 is 0 Å². The first-order valence-electron chi connectivity index (χ1n) is 5.75. The van der Waals surface area contributed by atoms with E-state index in [4.69, 9.17) is 17.9 Å². The summed E-state index contributed by atoms with van der Waals surface area (Å²) in [6, 6.07) is 7.69. The van der Waals surface area contributed by atoms with Crippen LogP contribution in [-0.2, 0) is 4.74 Å². The molecular formula is C14H12BrN3O. The van der Waals surface area contributed by atoms with Crippen LogP contribution in [0.25, 0.3) is 9.69 Å². The molecule has 4 nitrogen and oxygen atoms in total. The Morgan fingerprint density at radius 1 is 1.37 bits per heavy atom. The molecule has 0 radical (unpaired) electrons. The molecule has 1 aromatic carbocycles. The van der Waals surface area contributed by atoms with Gasteiger partial charge < -0.3 is 4.74 Å². The van der Waals surface area contributed by atoms with E-state index in [1.807, 2.05) is 36.1 Å². The van der Waals surface area contributed by atoms with E-state index in [1.54, 1.807) is 0 Å². The fraction of sp³-hybridized carbons (Fsp3) is 0.286. The highest BCUT2D eigenvalue weighted by atomic mass is 79.9. The minimum atomic E-state index is -0.198. The van der Waals surface area contributed by atoms with Crippen LogP contribution in [-0.4, -0.2) is 19.4 Å². The van der Waals surface area contributed by atoms with Crippen molar-refractivity contribution in [3.63, 3.8) is 0 Å². The molecule has 1 atom stereocenters. The molecule has 2 rings (SSSR count). The van der Waals surface area contributed by atoms with Crippen molar-refractivity contribution in [2.45, 2.75) is 13.0 Å². The maximum Gasteiger partial charge on any atom is 0.292 e. The minimum Gasteiger partial charge on any atom is -0.380 e. The number of benzene rings is 1. The first-order valence-corrected chi connectivity index (χ1v) is 6.55. The van der Waals surface area contributed by atoms with E-state index in [-0.39, 0.29) is 12.8 Å². The Labute approximate surface area is 121 Å². The molecule has 19 heavy (non-hydrogen) atoms. The molecule has 0 saturated heterocycles. The van der Waals surface area contributed by atoms with Gasteiger partial charge in [-0.05, 0) is 31.2 Å². The predicted octanol–water partition coefficient (Wildman–Crippen LogP) is 3.68. The van der Waals surface area contributed by atoms with Crippen LogP contribution in [0.1, 0.15) is 6.92 Å². The van der Waals surface area contributed by atoms with Gasteiger partial charge in [0, 0.05) is 10.2 Å². The fourth-order valence-electron chi connectivity index (χ4n) is 1.98. The smallest absolute Gasteiger partial charge is 0.292 e. The molecule has 96 valence electrons. The highest BCUT2D eigenvalue weighted by molar-refractivity contribution is 9.10. The third-order valence-electron chi connectivity index (χ3n) is 2.95. The van der Waals surface area contributed by atoms with Gasteiger partial charge in [0.15, 0.2) is 0 Å². The molecule has 0 N–H and O–H groups in total. The van der Waals surface area contributed by atoms with Gasteiger partial charge in [0.05, 0.1) is 25.0 Å². The van der Waals surface area contributed by atoms with E-state index in [2.05, 4.69) is 25.6 Å². The molecule has 1 aliphatic heterocycles. The Balaban J connectivity index is 2.42. The third kappa shape index (κ3) is 2.78. The van der Waals surface area contributed by atoms with E-state index >= 15 is 0 Å². The largest absolute Gasteiger partial charge is 0.380 e. The number of nitrogens with zero attached hydrogens (tertiary/aromatic N) is 3. The number of anilines is 1. The van der Waals surface area contributed by atoms with Crippen LogP contribution < -0.4 is 4.90 Å². The molecule has 0 spiro atoms. The van der Waals surface area contributed by atoms with E-state index in [0.29, 0.717) is 12.3 Å². The summed E-state index contributed by atoms with van der Waals surface area (Å²) >= 11 is 3.39. The van der Waals surface area contributed by atoms with Crippen molar-refractivity contribution in [1.29, 1.82) is 0 Å². The molecule has 1 unspecified atom stereocenters. The molecule has 0 amide bonds. The standard InChI is InChI=1S/C14H12BrN3O/c1-10-14(17-3)13(8-19-10)18(9-16-2)12-6-4-11(15)5-7-12/h4-7,10H,8-9H2,1H3. The van der Waals surface area contributed by atoms with Gasteiger partial charge in [-0.3, -0.25) is 9.74 Å². The summed E-state index contributed by atoms with van der Waals surface area (Å²) in [5, 5.41) is 0. The lowest BCUT2D eigenvalue weighted by molar-refractivity contribution is 0.134. The van der Waals surface area contributed by atoms with Crippen molar-refractivity contribution in [2.75, 3.05) is 18.2 Å². The molecular weight excluding hydrogens is 306 g/mol. The normalized spacial score (nSPS) is 18.0. The second kappa shape index (κ2) is 5.88. The number of ether oxygens (including phenoxy) is 1. The summed E-state index contributed by atoms with van der Waals surface area (Å²) in [4.78, 5) is 8.84. The summed E-state index contributed by atoms with van der Waals surface area (Å²) < 4.78 is 6.48. The molecule has 5 heteroatoms. The Bertz CT molecular complexity index is 580. The first-order chi connectivity index (χ1) is 9.17. The van der Waals surface area contributed by atoms with Crippen LogP contribution in [0.5, 0.6) is 0 Å². The van der Waals surface area contributed by atoms with Gasteiger partial charge in [-0.2, -0.15) is 0 Å². The zero-order valence-electron chi connectivity index (χ0n) is 10.4. The SMILES string of the molecule is [C-]#[N+]CN(C1=C([N+]#[C-])C(C)OC1)c1ccc(Br)cc1. The van der Waals surface area contributed by atoms with Crippen LogP contribution >= 0.6 is 15.9 Å². The summed E-state index contributed by atoms with van der Waals surface area (Å²) in [7, 11) is 0. The van der Waals surface area contributed by atoms with Crippen LogP contribution in [0.4, 0.5) is 5.69 Å². The summed E-state index contributed by atoms with van der Waals surface area (Å²) in [6.45, 7) is 16.8. The number of halogens is 1. The quantitative estimate of drug-likeness (QED) is 0.793. The molecule has 0 fully saturated rings. The van der Waals surface area contributed by atoms with Gasteiger partial charge in [-0.15, -0.1) is 0 Å². The second-order valence-corrected chi connectivity index (χ2v) is 5.02. The highest BCUT2D eigenvalue weighted by Gasteiger charge is 2.29. The van der Waals surface area contributed by atoms with Gasteiger partial charge in [0.1, 0.15) is 0 Å². The molecule has 0 aliphatic carbocycles. The van der Waals surface area contributed by atoms with Gasteiger partial charge in [-0.1, -0.05) is 15.9 Å². The van der Waals surface area contributed by atoms with Gasteiger partial charge in [-0.25, -0.2) is 11.4 Å². The molecule has 1 heterocycles. The van der Waals surface area contributed by atoms with Crippen LogP contribution in [0.15, 0.2) is 40.1 Å². The third-order valence-corrected chi connectivity index (χ3v) is 3.48. The molecule has 0 saturated carbocycles. The lowest BCUT2D eigenvalue weighted by Gasteiger charge is -2.20. The maximum absolute atomic E-state index is 7.26. The summed E-state index contributed by atoms with van der Waals surface area (Å²) in [5.41, 5.74) is 2.28. The fourth-order valence-corrected chi connectivity index (χ4v) is 2.24. The van der Waals surface area contributed by atoms with E-state index in [0.717, 1.165) is 15.9 Å². The summed E-state index contributed by atoms with van der Waals surface area (Å²) in [6.07, 6.45) is -0.198. The van der Waals surface area contributed by atoms with Crippen molar-refractivity contribution in [2.24, 2.45) is 0 Å². The van der Waals surface area contributed by atoms with Crippen LogP contribution in [0, 0.1) is 13.1 Å². The summed E-state index contributed by atoms with van der Waals surface area (Å²) in [5.74, 6) is 0. The maximum atomic E-state index is 7.26. The van der Waals surface area contributed by atoms with Crippen LogP contribution in [0.2, 0.25) is 0 Å². The molecule has 1 aliphatic rings. The van der Waals surface area contributed by atoms with E-state index in [9.17, 15) is 0 Å². The average Bonchev–Trinajstić information content (AvgIpc) is 2.78. The minimum absolute atomic E-state index is 0.187. The highest BCUT2D eigenvalue weighted by Crippen LogP contribution is 2.30. The number of rotatable bonds is 3. The monoisotopic (exact) mass is 317 g/mol. The zero-order valence-corrected chi connectivity index (χ0v) is 12.0.